The Morgan fingerprint density at radius 1 is 1.03 bits per heavy atom. The van der Waals surface area contributed by atoms with E-state index in [0.29, 0.717) is 17.5 Å². The third-order valence-corrected chi connectivity index (χ3v) is 5.82. The van der Waals surface area contributed by atoms with Gasteiger partial charge in [-0.1, -0.05) is 41.6 Å². The highest BCUT2D eigenvalue weighted by atomic mass is 32.2. The SMILES string of the molecule is CCn1c(CC(=O)Nc2ccccc2F)nnc1SCC(=O)Nc1c(C)cc(C)cc1C. The topological polar surface area (TPSA) is 88.9 Å². The Labute approximate surface area is 190 Å². The Balaban J connectivity index is 1.62. The number of halogens is 1. The molecule has 0 saturated carbocycles. The van der Waals surface area contributed by atoms with Crippen LogP contribution in [0.2, 0.25) is 0 Å². The Morgan fingerprint density at radius 3 is 2.38 bits per heavy atom. The number of thioether (sulfide) groups is 1. The van der Waals surface area contributed by atoms with E-state index >= 15 is 0 Å². The summed E-state index contributed by atoms with van der Waals surface area (Å²) >= 11 is 1.25. The molecule has 0 atom stereocenters. The highest BCUT2D eigenvalue weighted by molar-refractivity contribution is 7.99. The number of hydrogen-bond acceptors (Lipinski definition) is 5. The third kappa shape index (κ3) is 5.73. The molecule has 0 saturated heterocycles. The minimum atomic E-state index is -0.501. The number of benzene rings is 2. The van der Waals surface area contributed by atoms with Crippen molar-refractivity contribution in [1.29, 1.82) is 0 Å². The maximum absolute atomic E-state index is 13.8. The van der Waals surface area contributed by atoms with Gasteiger partial charge in [0.1, 0.15) is 11.6 Å². The van der Waals surface area contributed by atoms with Gasteiger partial charge in [-0.2, -0.15) is 0 Å². The maximum atomic E-state index is 13.8. The molecule has 7 nitrogen and oxygen atoms in total. The van der Waals surface area contributed by atoms with Crippen LogP contribution in [0.3, 0.4) is 0 Å². The molecule has 3 aromatic rings. The average molecular weight is 456 g/mol. The molecule has 0 radical (unpaired) electrons. The quantitative estimate of drug-likeness (QED) is 0.495. The lowest BCUT2D eigenvalue weighted by molar-refractivity contribution is -0.116. The van der Waals surface area contributed by atoms with Crippen molar-refractivity contribution in [3.63, 3.8) is 0 Å². The number of nitrogens with zero attached hydrogens (tertiary/aromatic N) is 3. The van der Waals surface area contributed by atoms with Gasteiger partial charge in [0.15, 0.2) is 5.16 Å². The number of rotatable bonds is 8. The van der Waals surface area contributed by atoms with Gasteiger partial charge in [-0.25, -0.2) is 4.39 Å². The van der Waals surface area contributed by atoms with E-state index in [-0.39, 0.29) is 23.8 Å². The lowest BCUT2D eigenvalue weighted by Crippen LogP contribution is -2.19. The number of aromatic nitrogens is 3. The molecule has 1 heterocycles. The Hall–Kier alpha value is -3.20. The minimum absolute atomic E-state index is 0.0519. The molecule has 0 unspecified atom stereocenters. The molecule has 168 valence electrons. The summed E-state index contributed by atoms with van der Waals surface area (Å²) in [6, 6.07) is 10.0. The number of hydrogen-bond donors (Lipinski definition) is 2. The van der Waals surface area contributed by atoms with Crippen LogP contribution in [0.15, 0.2) is 41.6 Å². The number of anilines is 2. The maximum Gasteiger partial charge on any atom is 0.234 e. The van der Waals surface area contributed by atoms with E-state index in [9.17, 15) is 14.0 Å². The van der Waals surface area contributed by atoms with E-state index in [1.54, 1.807) is 16.7 Å². The Bertz CT molecular complexity index is 1120. The fourth-order valence-electron chi connectivity index (χ4n) is 3.46. The van der Waals surface area contributed by atoms with Crippen molar-refractivity contribution < 1.29 is 14.0 Å². The van der Waals surface area contributed by atoms with E-state index in [1.165, 1.54) is 23.9 Å². The summed E-state index contributed by atoms with van der Waals surface area (Å²) < 4.78 is 15.5. The van der Waals surface area contributed by atoms with Crippen LogP contribution in [-0.4, -0.2) is 32.3 Å². The number of amides is 2. The highest BCUT2D eigenvalue weighted by Crippen LogP contribution is 2.23. The number of para-hydroxylation sites is 1. The van der Waals surface area contributed by atoms with Gasteiger partial charge in [0.25, 0.3) is 0 Å². The second-order valence-electron chi connectivity index (χ2n) is 7.46. The van der Waals surface area contributed by atoms with E-state index in [1.807, 2.05) is 39.8 Å². The number of aryl methyl sites for hydroxylation is 3. The van der Waals surface area contributed by atoms with E-state index in [4.69, 9.17) is 0 Å². The predicted octanol–water partition coefficient (Wildman–Crippen LogP) is 4.27. The number of nitrogens with one attached hydrogen (secondary N) is 2. The molecule has 1 aromatic heterocycles. The van der Waals surface area contributed by atoms with Gasteiger partial charge in [-0.15, -0.1) is 10.2 Å². The summed E-state index contributed by atoms with van der Waals surface area (Å²) in [7, 11) is 0. The lowest BCUT2D eigenvalue weighted by atomic mass is 10.1. The minimum Gasteiger partial charge on any atom is -0.325 e. The molecule has 2 N–H and O–H groups in total. The summed E-state index contributed by atoms with van der Waals surface area (Å²) in [5.74, 6) is -0.424. The second-order valence-corrected chi connectivity index (χ2v) is 8.40. The van der Waals surface area contributed by atoms with Crippen molar-refractivity contribution in [3.05, 3.63) is 64.7 Å². The summed E-state index contributed by atoms with van der Waals surface area (Å²) in [5.41, 5.74) is 4.12. The largest absolute Gasteiger partial charge is 0.325 e. The van der Waals surface area contributed by atoms with Gasteiger partial charge < -0.3 is 15.2 Å². The summed E-state index contributed by atoms with van der Waals surface area (Å²) in [6.07, 6.45) is -0.0519. The van der Waals surface area contributed by atoms with Crippen molar-refractivity contribution in [2.45, 2.75) is 45.8 Å². The van der Waals surface area contributed by atoms with Crippen molar-refractivity contribution >= 4 is 35.0 Å². The van der Waals surface area contributed by atoms with Gasteiger partial charge in [0.05, 0.1) is 17.9 Å². The first kappa shape index (κ1) is 23.5. The highest BCUT2D eigenvalue weighted by Gasteiger charge is 2.17. The third-order valence-electron chi connectivity index (χ3n) is 4.85. The normalized spacial score (nSPS) is 10.8. The first-order valence-corrected chi connectivity index (χ1v) is 11.2. The zero-order valence-corrected chi connectivity index (χ0v) is 19.3. The summed E-state index contributed by atoms with van der Waals surface area (Å²) in [5, 5.41) is 14.3. The van der Waals surface area contributed by atoms with Crippen LogP contribution in [-0.2, 0) is 22.6 Å². The van der Waals surface area contributed by atoms with Crippen LogP contribution >= 0.6 is 11.8 Å². The lowest BCUT2D eigenvalue weighted by Gasteiger charge is -2.13. The van der Waals surface area contributed by atoms with E-state index < -0.39 is 11.7 Å². The zero-order valence-electron chi connectivity index (χ0n) is 18.5. The van der Waals surface area contributed by atoms with Crippen LogP contribution < -0.4 is 10.6 Å². The van der Waals surface area contributed by atoms with Crippen molar-refractivity contribution in [3.8, 4) is 0 Å². The van der Waals surface area contributed by atoms with Gasteiger partial charge >= 0.3 is 0 Å². The van der Waals surface area contributed by atoms with Crippen molar-refractivity contribution in [2.75, 3.05) is 16.4 Å². The predicted molar refractivity (Wildman–Crippen MR) is 124 cm³/mol. The van der Waals surface area contributed by atoms with E-state index in [2.05, 4.69) is 20.8 Å². The molecule has 2 aromatic carbocycles. The smallest absolute Gasteiger partial charge is 0.234 e. The van der Waals surface area contributed by atoms with Crippen LogP contribution in [0.1, 0.15) is 29.4 Å². The average Bonchev–Trinajstić information content (AvgIpc) is 3.12. The number of carbonyl (C=O) groups is 2. The molecule has 9 heteroatoms. The van der Waals surface area contributed by atoms with Crippen LogP contribution in [0.4, 0.5) is 15.8 Å². The first-order chi connectivity index (χ1) is 15.3. The van der Waals surface area contributed by atoms with Crippen LogP contribution in [0.25, 0.3) is 0 Å². The second kappa shape index (κ2) is 10.4. The first-order valence-electron chi connectivity index (χ1n) is 10.3. The van der Waals surface area contributed by atoms with Crippen LogP contribution in [0.5, 0.6) is 0 Å². The molecule has 2 amide bonds. The van der Waals surface area contributed by atoms with E-state index in [0.717, 1.165) is 22.4 Å². The molecular weight excluding hydrogens is 429 g/mol. The fraction of sp³-hybridized carbons (Fsp3) is 0.304. The van der Waals surface area contributed by atoms with Gasteiger partial charge in [0, 0.05) is 12.2 Å². The molecule has 32 heavy (non-hydrogen) atoms. The molecule has 0 aliphatic heterocycles. The van der Waals surface area contributed by atoms with Crippen molar-refractivity contribution in [2.24, 2.45) is 0 Å². The van der Waals surface area contributed by atoms with Gasteiger partial charge in [-0.3, -0.25) is 9.59 Å². The Morgan fingerprint density at radius 2 is 1.72 bits per heavy atom. The molecule has 3 rings (SSSR count). The molecule has 0 fully saturated rings. The summed E-state index contributed by atoms with van der Waals surface area (Å²) in [6.45, 7) is 8.40. The molecule has 0 aliphatic carbocycles. The summed E-state index contributed by atoms with van der Waals surface area (Å²) in [4.78, 5) is 24.8. The molecule has 0 bridgehead atoms. The molecule has 0 spiro atoms. The number of carbonyl (C=O) groups excluding carboxylic acids is 2. The van der Waals surface area contributed by atoms with Gasteiger partial charge in [-0.05, 0) is 51.0 Å². The standard InChI is InChI=1S/C23H26FN5O2S/c1-5-29-19(12-20(30)25-18-9-7-6-8-17(18)24)27-28-23(29)32-13-21(31)26-22-15(3)10-14(2)11-16(22)4/h6-11H,5,12-13H2,1-4H3,(H,25,30)(H,26,31). The van der Waals surface area contributed by atoms with Crippen molar-refractivity contribution in [1.82, 2.24) is 14.8 Å². The Kier molecular flexibility index (Phi) is 7.63. The van der Waals surface area contributed by atoms with Gasteiger partial charge in [0.2, 0.25) is 11.8 Å². The zero-order chi connectivity index (χ0) is 23.3. The molecule has 0 aliphatic rings. The van der Waals surface area contributed by atoms with Crippen LogP contribution in [0, 0.1) is 26.6 Å². The molecular formula is C23H26FN5O2S. The fourth-order valence-corrected chi connectivity index (χ4v) is 4.28. The monoisotopic (exact) mass is 455 g/mol.